The van der Waals surface area contributed by atoms with E-state index in [1.165, 1.54) is 0 Å². The summed E-state index contributed by atoms with van der Waals surface area (Å²) in [6.45, 7) is 8.66. The van der Waals surface area contributed by atoms with E-state index in [2.05, 4.69) is 20.0 Å². The van der Waals surface area contributed by atoms with E-state index < -0.39 is 15.6 Å². The average molecular weight is 645 g/mol. The van der Waals surface area contributed by atoms with Crippen molar-refractivity contribution in [2.24, 2.45) is 5.92 Å². The number of carbonyl (C=O) groups excluding carboxylic acids is 1. The summed E-state index contributed by atoms with van der Waals surface area (Å²) in [7, 11) is -3.47. The maximum atomic E-state index is 12.8. The second kappa shape index (κ2) is 12.7. The van der Waals surface area contributed by atoms with E-state index in [1.54, 1.807) is 29.4 Å². The Labute approximate surface area is 269 Å². The average Bonchev–Trinajstić information content (AvgIpc) is 3.81. The number of carbonyl (C=O) groups is 1. The van der Waals surface area contributed by atoms with Crippen molar-refractivity contribution in [2.45, 2.75) is 65.0 Å². The van der Waals surface area contributed by atoms with Gasteiger partial charge in [-0.05, 0) is 89.1 Å². The second-order valence-electron chi connectivity index (χ2n) is 13.1. The van der Waals surface area contributed by atoms with Crippen LogP contribution in [0.5, 0.6) is 11.6 Å². The quantitative estimate of drug-likeness (QED) is 0.203. The van der Waals surface area contributed by atoms with E-state index in [1.807, 2.05) is 64.1 Å². The third kappa shape index (κ3) is 7.67. The standard InChI is InChI=1S/C34H40N6O5S/c1-22-12-15-25-26(9-5-11-29(25)39-46(42,43)21-23-13-14-23)30(22)44-31-27(10-6-17-35-31)28-16-18-36-32(38-28)37-24-8-7-19-40(20-24)33(41)45-34(2,3)4/h5-6,9-12,15-18,23-24,39H,7-8,13-14,19-21H2,1-4H3,(H,36,37,38)/t24-/m0/s1. The van der Waals surface area contributed by atoms with Crippen molar-refractivity contribution in [1.82, 2.24) is 19.9 Å². The normalized spacial score (nSPS) is 17.0. The highest BCUT2D eigenvalue weighted by Gasteiger charge is 2.29. The summed E-state index contributed by atoms with van der Waals surface area (Å²) < 4.78 is 40.5. The molecule has 0 unspecified atom stereocenters. The number of hydrogen-bond acceptors (Lipinski definition) is 9. The van der Waals surface area contributed by atoms with E-state index in [0.29, 0.717) is 47.6 Å². The molecule has 2 N–H and O–H groups in total. The molecule has 11 nitrogen and oxygen atoms in total. The van der Waals surface area contributed by atoms with Gasteiger partial charge < -0.3 is 19.7 Å². The molecule has 2 fully saturated rings. The third-order valence-electron chi connectivity index (χ3n) is 7.93. The summed E-state index contributed by atoms with van der Waals surface area (Å²) in [5, 5.41) is 4.89. The Balaban J connectivity index is 1.23. The maximum absolute atomic E-state index is 12.8. The topological polar surface area (TPSA) is 136 Å². The van der Waals surface area contributed by atoms with E-state index in [4.69, 9.17) is 14.5 Å². The molecule has 46 heavy (non-hydrogen) atoms. The second-order valence-corrected chi connectivity index (χ2v) is 14.8. The minimum atomic E-state index is -3.47. The molecule has 2 aliphatic rings. The Morgan fingerprint density at radius 1 is 1.00 bits per heavy atom. The molecule has 3 heterocycles. The number of nitrogens with one attached hydrogen (secondary N) is 2. The first-order chi connectivity index (χ1) is 21.9. The fraction of sp³-hybridized carbons (Fsp3) is 0.412. The molecule has 6 rings (SSSR count). The predicted molar refractivity (Wildman–Crippen MR) is 179 cm³/mol. The van der Waals surface area contributed by atoms with Gasteiger partial charge >= 0.3 is 6.09 Å². The number of likely N-dealkylation sites (tertiary alicyclic amines) is 1. The number of aromatic nitrogens is 3. The lowest BCUT2D eigenvalue weighted by Gasteiger charge is -2.34. The van der Waals surface area contributed by atoms with Gasteiger partial charge in [-0.3, -0.25) is 4.72 Å². The van der Waals surface area contributed by atoms with Crippen LogP contribution in [-0.4, -0.2) is 64.8 Å². The first-order valence-corrected chi connectivity index (χ1v) is 17.3. The van der Waals surface area contributed by atoms with E-state index in [-0.39, 0.29) is 23.8 Å². The molecule has 12 heteroatoms. The van der Waals surface area contributed by atoms with Crippen LogP contribution in [-0.2, 0) is 14.8 Å². The number of piperidine rings is 1. The zero-order valence-corrected chi connectivity index (χ0v) is 27.4. The fourth-order valence-electron chi connectivity index (χ4n) is 5.58. The lowest BCUT2D eigenvalue weighted by molar-refractivity contribution is 0.0206. The number of pyridine rings is 1. The van der Waals surface area contributed by atoms with Crippen LogP contribution >= 0.6 is 0 Å². The Morgan fingerprint density at radius 2 is 1.83 bits per heavy atom. The predicted octanol–water partition coefficient (Wildman–Crippen LogP) is 6.76. The number of sulfonamides is 1. The van der Waals surface area contributed by atoms with Crippen molar-refractivity contribution in [1.29, 1.82) is 0 Å². The number of benzene rings is 2. The van der Waals surface area contributed by atoms with Crippen molar-refractivity contribution in [2.75, 3.05) is 28.9 Å². The van der Waals surface area contributed by atoms with Crippen LogP contribution in [0.15, 0.2) is 60.9 Å². The zero-order valence-electron chi connectivity index (χ0n) is 26.6. The number of anilines is 2. The van der Waals surface area contributed by atoms with Crippen LogP contribution in [0.1, 0.15) is 52.0 Å². The van der Waals surface area contributed by atoms with Gasteiger partial charge in [0.25, 0.3) is 0 Å². The van der Waals surface area contributed by atoms with E-state index in [0.717, 1.165) is 42.0 Å². The minimum Gasteiger partial charge on any atom is -0.444 e. The molecule has 242 valence electrons. The summed E-state index contributed by atoms with van der Waals surface area (Å²) >= 11 is 0. The van der Waals surface area contributed by atoms with Crippen molar-refractivity contribution < 1.29 is 22.7 Å². The minimum absolute atomic E-state index is 0.0321. The molecular weight excluding hydrogens is 604 g/mol. The largest absolute Gasteiger partial charge is 0.444 e. The number of fused-ring (bicyclic) bond motifs is 1. The molecule has 2 aromatic carbocycles. The number of ether oxygens (including phenoxy) is 2. The lowest BCUT2D eigenvalue weighted by Crippen LogP contribution is -2.47. The number of hydrogen-bond donors (Lipinski definition) is 2. The molecule has 1 atom stereocenters. The van der Waals surface area contributed by atoms with Crippen molar-refractivity contribution >= 4 is 38.5 Å². The van der Waals surface area contributed by atoms with Gasteiger partial charge in [0.15, 0.2) is 0 Å². The molecule has 1 aliphatic carbocycles. The van der Waals surface area contributed by atoms with Gasteiger partial charge in [0.1, 0.15) is 11.4 Å². The smallest absolute Gasteiger partial charge is 0.410 e. The summed E-state index contributed by atoms with van der Waals surface area (Å²) in [5.41, 5.74) is 2.12. The first-order valence-electron chi connectivity index (χ1n) is 15.7. The number of rotatable bonds is 9. The summed E-state index contributed by atoms with van der Waals surface area (Å²) in [6, 6.07) is 14.8. The molecule has 2 aromatic heterocycles. The third-order valence-corrected chi connectivity index (χ3v) is 9.38. The van der Waals surface area contributed by atoms with Crippen LogP contribution in [0, 0.1) is 12.8 Å². The van der Waals surface area contributed by atoms with Crippen LogP contribution in [0.3, 0.4) is 0 Å². The molecule has 1 saturated carbocycles. The molecule has 1 saturated heterocycles. The van der Waals surface area contributed by atoms with Gasteiger partial charge in [-0.25, -0.2) is 28.2 Å². The molecular formula is C34H40N6O5S. The highest BCUT2D eigenvalue weighted by Crippen LogP contribution is 2.39. The Hall–Kier alpha value is -4.45. The van der Waals surface area contributed by atoms with Gasteiger partial charge in [-0.2, -0.15) is 0 Å². The number of amides is 1. The molecule has 0 bridgehead atoms. The maximum Gasteiger partial charge on any atom is 0.410 e. The molecule has 0 radical (unpaired) electrons. The molecule has 0 spiro atoms. The van der Waals surface area contributed by atoms with Crippen molar-refractivity contribution in [3.05, 3.63) is 66.5 Å². The Morgan fingerprint density at radius 3 is 2.61 bits per heavy atom. The monoisotopic (exact) mass is 644 g/mol. The van der Waals surface area contributed by atoms with E-state index in [9.17, 15) is 13.2 Å². The summed E-state index contributed by atoms with van der Waals surface area (Å²) in [5.74, 6) is 1.75. The summed E-state index contributed by atoms with van der Waals surface area (Å²) in [4.78, 5) is 28.2. The summed E-state index contributed by atoms with van der Waals surface area (Å²) in [6.07, 6.45) is 6.63. The van der Waals surface area contributed by atoms with Gasteiger partial charge in [0.05, 0.1) is 22.7 Å². The first kappa shape index (κ1) is 31.5. The van der Waals surface area contributed by atoms with Gasteiger partial charge in [-0.15, -0.1) is 0 Å². The molecule has 1 amide bonds. The van der Waals surface area contributed by atoms with Crippen LogP contribution in [0.25, 0.3) is 22.0 Å². The number of nitrogens with zero attached hydrogens (tertiary/aromatic N) is 4. The highest BCUT2D eigenvalue weighted by molar-refractivity contribution is 7.92. The molecule has 4 aromatic rings. The lowest BCUT2D eigenvalue weighted by atomic mass is 10.0. The SMILES string of the molecule is Cc1ccc2c(NS(=O)(=O)CC3CC3)cccc2c1Oc1ncccc1-c1ccnc(N[C@H]2CCCN(C(=O)OC(C)(C)C)C2)n1. The van der Waals surface area contributed by atoms with Gasteiger partial charge in [0.2, 0.25) is 21.9 Å². The van der Waals surface area contributed by atoms with Gasteiger partial charge in [0, 0.05) is 42.3 Å². The van der Waals surface area contributed by atoms with Crippen molar-refractivity contribution in [3.63, 3.8) is 0 Å². The van der Waals surface area contributed by atoms with Crippen LogP contribution in [0.2, 0.25) is 0 Å². The number of aryl methyl sites for hydroxylation is 1. The fourth-order valence-corrected chi connectivity index (χ4v) is 7.13. The van der Waals surface area contributed by atoms with Crippen LogP contribution < -0.4 is 14.8 Å². The van der Waals surface area contributed by atoms with E-state index >= 15 is 0 Å². The van der Waals surface area contributed by atoms with Crippen molar-refractivity contribution in [3.8, 4) is 22.9 Å². The van der Waals surface area contributed by atoms with Crippen LogP contribution in [0.4, 0.5) is 16.4 Å². The molecule has 1 aliphatic heterocycles. The highest BCUT2D eigenvalue weighted by atomic mass is 32.2. The Bertz CT molecular complexity index is 1850. The zero-order chi connectivity index (χ0) is 32.5. The van der Waals surface area contributed by atoms with Gasteiger partial charge in [-0.1, -0.05) is 24.3 Å². The Kier molecular flexibility index (Phi) is 8.73.